The summed E-state index contributed by atoms with van der Waals surface area (Å²) >= 11 is 0. The summed E-state index contributed by atoms with van der Waals surface area (Å²) in [6.07, 6.45) is 5.12. The van der Waals surface area contributed by atoms with E-state index in [0.717, 1.165) is 5.56 Å². The highest BCUT2D eigenvalue weighted by Crippen LogP contribution is 2.29. The SMILES string of the molecule is CCn1c(-c2cnc(C)nc2)nc2c(N[C@H]3C[C@H](CO)N(C(=O)OC(C)(C)C)C3)ncnc21. The molecular formula is C22H30N8O3. The summed E-state index contributed by atoms with van der Waals surface area (Å²) in [7, 11) is 0. The molecule has 1 saturated heterocycles. The van der Waals surface area contributed by atoms with Gasteiger partial charge in [0.25, 0.3) is 0 Å². The topological polar surface area (TPSA) is 131 Å². The molecule has 0 saturated carbocycles. The lowest BCUT2D eigenvalue weighted by Gasteiger charge is -2.27. The molecule has 0 radical (unpaired) electrons. The van der Waals surface area contributed by atoms with Gasteiger partial charge in [-0.2, -0.15) is 0 Å². The van der Waals surface area contributed by atoms with Crippen molar-refractivity contribution >= 4 is 23.1 Å². The predicted molar refractivity (Wildman–Crippen MR) is 123 cm³/mol. The Morgan fingerprint density at radius 3 is 2.61 bits per heavy atom. The van der Waals surface area contributed by atoms with Crippen molar-refractivity contribution in [3.63, 3.8) is 0 Å². The standard InChI is InChI=1S/C22H30N8O3/c1-6-29-19(14-8-23-13(2)24-9-14)28-17-18(25-12-26-20(17)29)27-15-7-16(11-31)30(10-15)21(32)33-22(3,4)5/h8-9,12,15-16,31H,6-7,10-11H2,1-5H3,(H,25,26,27)/t15-,16+/m0/s1. The molecule has 0 spiro atoms. The molecule has 0 unspecified atom stereocenters. The molecule has 4 rings (SSSR count). The van der Waals surface area contributed by atoms with Gasteiger partial charge in [-0.15, -0.1) is 0 Å². The van der Waals surface area contributed by atoms with E-state index in [4.69, 9.17) is 9.72 Å². The molecule has 33 heavy (non-hydrogen) atoms. The van der Waals surface area contributed by atoms with Crippen LogP contribution in [-0.4, -0.2) is 76.4 Å². The fourth-order valence-corrected chi connectivity index (χ4v) is 4.00. The average molecular weight is 455 g/mol. The number of aromatic nitrogens is 6. The quantitative estimate of drug-likeness (QED) is 0.596. The van der Waals surface area contributed by atoms with Gasteiger partial charge in [0.1, 0.15) is 23.6 Å². The van der Waals surface area contributed by atoms with Crippen LogP contribution in [0.25, 0.3) is 22.6 Å². The van der Waals surface area contributed by atoms with Gasteiger partial charge in [0.15, 0.2) is 17.0 Å². The lowest BCUT2D eigenvalue weighted by atomic mass is 10.2. The zero-order chi connectivity index (χ0) is 23.8. The summed E-state index contributed by atoms with van der Waals surface area (Å²) in [4.78, 5) is 36.4. The first-order valence-corrected chi connectivity index (χ1v) is 11.1. The van der Waals surface area contributed by atoms with Gasteiger partial charge in [-0.25, -0.2) is 29.7 Å². The maximum Gasteiger partial charge on any atom is 0.410 e. The summed E-state index contributed by atoms with van der Waals surface area (Å²) in [5.74, 6) is 1.98. The molecule has 1 fully saturated rings. The van der Waals surface area contributed by atoms with E-state index in [1.54, 1.807) is 17.3 Å². The number of likely N-dealkylation sites (tertiary alicyclic amines) is 1. The van der Waals surface area contributed by atoms with Crippen molar-refractivity contribution in [3.05, 3.63) is 24.5 Å². The van der Waals surface area contributed by atoms with Crippen LogP contribution in [0.5, 0.6) is 0 Å². The van der Waals surface area contributed by atoms with Crippen molar-refractivity contribution < 1.29 is 14.6 Å². The van der Waals surface area contributed by atoms with E-state index >= 15 is 0 Å². The number of rotatable bonds is 5. The summed E-state index contributed by atoms with van der Waals surface area (Å²) in [5, 5.41) is 13.2. The van der Waals surface area contributed by atoms with Crippen molar-refractivity contribution in [1.29, 1.82) is 0 Å². The molecule has 3 aromatic heterocycles. The van der Waals surface area contributed by atoms with Crippen molar-refractivity contribution in [3.8, 4) is 11.4 Å². The zero-order valence-corrected chi connectivity index (χ0v) is 19.6. The average Bonchev–Trinajstić information content (AvgIpc) is 3.35. The molecule has 0 bridgehead atoms. The summed E-state index contributed by atoms with van der Waals surface area (Å²) in [5.41, 5.74) is 1.52. The van der Waals surface area contributed by atoms with E-state index in [9.17, 15) is 9.90 Å². The first-order valence-electron chi connectivity index (χ1n) is 11.1. The van der Waals surface area contributed by atoms with Crippen LogP contribution in [0.15, 0.2) is 18.7 Å². The van der Waals surface area contributed by atoms with Gasteiger partial charge in [-0.05, 0) is 41.0 Å². The van der Waals surface area contributed by atoms with Crippen molar-refractivity contribution in [2.24, 2.45) is 0 Å². The summed E-state index contributed by atoms with van der Waals surface area (Å²) < 4.78 is 7.50. The Labute approximate surface area is 192 Å². The third-order valence-corrected chi connectivity index (χ3v) is 5.48. The lowest BCUT2D eigenvalue weighted by molar-refractivity contribution is 0.0175. The minimum atomic E-state index is -0.607. The first-order chi connectivity index (χ1) is 15.7. The minimum Gasteiger partial charge on any atom is -0.444 e. The molecular weight excluding hydrogens is 424 g/mol. The zero-order valence-electron chi connectivity index (χ0n) is 19.6. The van der Waals surface area contributed by atoms with Gasteiger partial charge < -0.3 is 24.6 Å². The Morgan fingerprint density at radius 1 is 1.24 bits per heavy atom. The number of ether oxygens (including phenoxy) is 1. The van der Waals surface area contributed by atoms with Crippen LogP contribution < -0.4 is 5.32 Å². The maximum atomic E-state index is 12.6. The number of fused-ring (bicyclic) bond motifs is 1. The largest absolute Gasteiger partial charge is 0.444 e. The number of anilines is 1. The van der Waals surface area contributed by atoms with Crippen LogP contribution in [0.3, 0.4) is 0 Å². The van der Waals surface area contributed by atoms with Crippen LogP contribution in [0.2, 0.25) is 0 Å². The second-order valence-corrected chi connectivity index (χ2v) is 9.14. The fraction of sp³-hybridized carbons (Fsp3) is 0.545. The van der Waals surface area contributed by atoms with E-state index < -0.39 is 11.7 Å². The number of imidazole rings is 1. The number of carbonyl (C=O) groups excluding carboxylic acids is 1. The molecule has 1 aliphatic rings. The summed E-state index contributed by atoms with van der Waals surface area (Å²) in [6.45, 7) is 10.2. The summed E-state index contributed by atoms with van der Waals surface area (Å²) in [6, 6.07) is -0.450. The Kier molecular flexibility index (Phi) is 6.15. The Bertz CT molecular complexity index is 1140. The molecule has 11 nitrogen and oxygen atoms in total. The van der Waals surface area contributed by atoms with E-state index in [1.807, 2.05) is 39.2 Å². The Balaban J connectivity index is 1.61. The lowest BCUT2D eigenvalue weighted by Crippen LogP contribution is -2.41. The van der Waals surface area contributed by atoms with E-state index in [1.165, 1.54) is 6.33 Å². The molecule has 0 aliphatic carbocycles. The number of amides is 1. The molecule has 176 valence electrons. The smallest absolute Gasteiger partial charge is 0.410 e. The fourth-order valence-electron chi connectivity index (χ4n) is 4.00. The van der Waals surface area contributed by atoms with Crippen molar-refractivity contribution in [2.45, 2.75) is 65.3 Å². The van der Waals surface area contributed by atoms with E-state index in [-0.39, 0.29) is 18.7 Å². The van der Waals surface area contributed by atoms with Gasteiger partial charge in [0.05, 0.1) is 18.2 Å². The predicted octanol–water partition coefficient (Wildman–Crippen LogP) is 2.39. The number of nitrogens with zero attached hydrogens (tertiary/aromatic N) is 7. The highest BCUT2D eigenvalue weighted by molar-refractivity contribution is 5.86. The van der Waals surface area contributed by atoms with Crippen LogP contribution in [0.1, 0.15) is 39.9 Å². The number of hydrogen-bond acceptors (Lipinski definition) is 9. The van der Waals surface area contributed by atoms with Crippen molar-refractivity contribution in [2.75, 3.05) is 18.5 Å². The second kappa shape index (κ2) is 8.89. The maximum absolute atomic E-state index is 12.6. The van der Waals surface area contributed by atoms with E-state index in [0.29, 0.717) is 48.1 Å². The normalized spacial score (nSPS) is 18.7. The van der Waals surface area contributed by atoms with Gasteiger partial charge >= 0.3 is 6.09 Å². The third-order valence-electron chi connectivity index (χ3n) is 5.48. The molecule has 0 aromatic carbocycles. The third kappa shape index (κ3) is 4.72. The van der Waals surface area contributed by atoms with Crippen LogP contribution in [-0.2, 0) is 11.3 Å². The Hall–Kier alpha value is -3.34. The van der Waals surface area contributed by atoms with Crippen molar-refractivity contribution in [1.82, 2.24) is 34.4 Å². The number of hydrogen-bond donors (Lipinski definition) is 2. The first kappa shape index (κ1) is 22.8. The molecule has 4 heterocycles. The second-order valence-electron chi connectivity index (χ2n) is 9.14. The molecule has 11 heteroatoms. The van der Waals surface area contributed by atoms with Crippen LogP contribution in [0.4, 0.5) is 10.6 Å². The number of nitrogens with one attached hydrogen (secondary N) is 1. The van der Waals surface area contributed by atoms with Gasteiger partial charge in [0, 0.05) is 31.5 Å². The molecule has 1 amide bonds. The monoisotopic (exact) mass is 454 g/mol. The molecule has 2 atom stereocenters. The number of aliphatic hydroxyl groups excluding tert-OH is 1. The Morgan fingerprint density at radius 2 is 1.97 bits per heavy atom. The van der Waals surface area contributed by atoms with Gasteiger partial charge in [-0.1, -0.05) is 0 Å². The van der Waals surface area contributed by atoms with Crippen LogP contribution in [0, 0.1) is 6.92 Å². The number of carbonyl (C=O) groups is 1. The highest BCUT2D eigenvalue weighted by atomic mass is 16.6. The van der Waals surface area contributed by atoms with E-state index in [2.05, 4.69) is 25.3 Å². The van der Waals surface area contributed by atoms with Crippen LogP contribution >= 0.6 is 0 Å². The molecule has 2 N–H and O–H groups in total. The molecule has 3 aromatic rings. The highest BCUT2D eigenvalue weighted by Gasteiger charge is 2.37. The van der Waals surface area contributed by atoms with Gasteiger partial charge in [0.2, 0.25) is 0 Å². The number of aliphatic hydroxyl groups is 1. The van der Waals surface area contributed by atoms with Gasteiger partial charge in [-0.3, -0.25) is 0 Å². The molecule has 1 aliphatic heterocycles. The minimum absolute atomic E-state index is 0.120. The number of aryl methyl sites for hydroxylation is 2.